The molecule has 218 valence electrons. The number of ether oxygens (including phenoxy) is 1. The van der Waals surface area contributed by atoms with Crippen LogP contribution in [-0.4, -0.2) is 18.4 Å². The van der Waals surface area contributed by atoms with Crippen molar-refractivity contribution in [2.75, 3.05) is 9.80 Å². The van der Waals surface area contributed by atoms with Crippen LogP contribution in [0.3, 0.4) is 0 Å². The third kappa shape index (κ3) is 3.65. The molecule has 0 radical (unpaired) electrons. The van der Waals surface area contributed by atoms with E-state index in [1.807, 2.05) is 0 Å². The summed E-state index contributed by atoms with van der Waals surface area (Å²) in [6.45, 7) is 11.0. The minimum absolute atomic E-state index is 1.02. The molecule has 3 heterocycles. The summed E-state index contributed by atoms with van der Waals surface area (Å²) in [5.74, 6) is 2.04. The quantitative estimate of drug-likeness (QED) is 0.174. The molecule has 6 aromatic carbocycles. The predicted molar refractivity (Wildman–Crippen MR) is 190 cm³/mol. The van der Waals surface area contributed by atoms with E-state index >= 15 is 0 Å². The van der Waals surface area contributed by atoms with Crippen molar-refractivity contribution in [3.8, 4) is 11.5 Å². The van der Waals surface area contributed by atoms with Crippen LogP contribution in [-0.2, 0) is 0 Å². The Morgan fingerprint density at radius 3 is 1.27 bits per heavy atom. The second-order valence-corrected chi connectivity index (χ2v) is 23.3. The van der Waals surface area contributed by atoms with Crippen LogP contribution in [0.2, 0.25) is 0 Å². The van der Waals surface area contributed by atoms with E-state index in [-0.39, 0.29) is 0 Å². The fourth-order valence-electron chi connectivity index (χ4n) is 8.04. The number of anilines is 6. The molecule has 0 fully saturated rings. The fourth-order valence-corrected chi connectivity index (χ4v) is 23.9. The summed E-state index contributed by atoms with van der Waals surface area (Å²) in [6.07, 6.45) is 0. The van der Waals surface area contributed by atoms with Gasteiger partial charge in [0.1, 0.15) is 0 Å². The maximum absolute atomic E-state index is 7.09. The topological polar surface area (TPSA) is 15.7 Å². The molecule has 0 unspecified atom stereocenters. The Balaban J connectivity index is 1.52. The third-order valence-electron chi connectivity index (χ3n) is 9.79. The molecule has 6 aromatic rings. The van der Waals surface area contributed by atoms with E-state index < -0.39 is 18.4 Å². The summed E-state index contributed by atoms with van der Waals surface area (Å²) in [4.78, 5) is 5.05. The summed E-state index contributed by atoms with van der Waals surface area (Å²) in [6, 6.07) is 43.7. The van der Waals surface area contributed by atoms with Crippen molar-refractivity contribution < 1.29 is 4.74 Å². The average Bonchev–Trinajstić information content (AvgIpc) is 3.02. The second-order valence-electron chi connectivity index (χ2n) is 13.1. The first kappa shape index (κ1) is 26.9. The monoisotopic (exact) mass is 690 g/mol. The zero-order valence-electron chi connectivity index (χ0n) is 26.3. The van der Waals surface area contributed by atoms with Crippen molar-refractivity contribution in [1.82, 2.24) is 0 Å². The Labute approximate surface area is 269 Å². The molecule has 3 nitrogen and oxygen atoms in total. The molecule has 0 aliphatic carbocycles. The molecule has 9 rings (SSSR count). The Kier molecular flexibility index (Phi) is 5.68. The molecule has 0 N–H and O–H groups in total. The van der Waals surface area contributed by atoms with Crippen molar-refractivity contribution in [2.24, 2.45) is 0 Å². The number of hydrogen-bond acceptors (Lipinski definition) is 3. The van der Waals surface area contributed by atoms with E-state index in [4.69, 9.17) is 4.74 Å². The first-order valence-corrected chi connectivity index (χ1v) is 21.5. The van der Waals surface area contributed by atoms with E-state index in [9.17, 15) is 0 Å². The number of nitrogens with zero attached hydrogens (tertiary/aromatic N) is 2. The summed E-state index contributed by atoms with van der Waals surface area (Å²) in [5.41, 5.74) is 13.7. The molecule has 4 heteroatoms. The minimum atomic E-state index is -4.06. The van der Waals surface area contributed by atoms with Gasteiger partial charge < -0.3 is 0 Å². The van der Waals surface area contributed by atoms with Crippen LogP contribution in [0.1, 0.15) is 27.8 Å². The number of hydrogen-bond donors (Lipinski definition) is 0. The van der Waals surface area contributed by atoms with Gasteiger partial charge in [0.25, 0.3) is 0 Å². The number of aryl methyl sites for hydroxylation is 5. The molecule has 3 aliphatic rings. The van der Waals surface area contributed by atoms with E-state index in [0.717, 1.165) is 11.5 Å². The van der Waals surface area contributed by atoms with Crippen LogP contribution in [0.25, 0.3) is 0 Å². The molecular formula is C41H34N2OSn. The van der Waals surface area contributed by atoms with Crippen LogP contribution >= 0.6 is 0 Å². The van der Waals surface area contributed by atoms with Gasteiger partial charge >= 0.3 is 271 Å². The standard InChI is InChI=1S/C35H29N2O.C6H5.Sn/c1-23-6-10-28(11-7-23)36-30-14-25(3)15-31(20-30)37(29-12-8-24(2)9-13-29)33-17-27(5)19-35(22-33)38-34-18-26(4)16-32(36)21-34;1-2-4-6-5-3-1;/h6-19H,1-5H3;1-5H;. The Morgan fingerprint density at radius 2 is 0.822 bits per heavy atom. The first-order chi connectivity index (χ1) is 21.8. The van der Waals surface area contributed by atoms with Crippen molar-refractivity contribution >= 4 is 66.8 Å². The van der Waals surface area contributed by atoms with Gasteiger partial charge in [0, 0.05) is 0 Å². The first-order valence-electron chi connectivity index (χ1n) is 15.8. The van der Waals surface area contributed by atoms with Gasteiger partial charge in [0.05, 0.1) is 0 Å². The summed E-state index contributed by atoms with van der Waals surface area (Å²) < 4.78 is 12.9. The summed E-state index contributed by atoms with van der Waals surface area (Å²) in [5, 5.41) is 0. The normalized spacial score (nSPS) is 14.6. The van der Waals surface area contributed by atoms with E-state index in [0.29, 0.717) is 0 Å². The zero-order chi connectivity index (χ0) is 30.6. The van der Waals surface area contributed by atoms with Gasteiger partial charge in [-0.3, -0.25) is 0 Å². The van der Waals surface area contributed by atoms with Crippen LogP contribution in [0.15, 0.2) is 115 Å². The van der Waals surface area contributed by atoms with Crippen molar-refractivity contribution in [1.29, 1.82) is 0 Å². The molecular weight excluding hydrogens is 655 g/mol. The summed E-state index contributed by atoms with van der Waals surface area (Å²) in [7, 11) is 0. The van der Waals surface area contributed by atoms with Crippen molar-refractivity contribution in [2.45, 2.75) is 34.6 Å². The van der Waals surface area contributed by atoms with Crippen LogP contribution in [0, 0.1) is 34.6 Å². The molecule has 0 spiro atoms. The Hall–Kier alpha value is -4.48. The molecule has 0 saturated carbocycles. The number of benzene rings is 6. The van der Waals surface area contributed by atoms with Gasteiger partial charge in [-0.05, 0) is 0 Å². The number of rotatable bonds is 3. The molecule has 0 bridgehead atoms. The van der Waals surface area contributed by atoms with Gasteiger partial charge in [-0.15, -0.1) is 0 Å². The van der Waals surface area contributed by atoms with Crippen LogP contribution in [0.4, 0.5) is 34.1 Å². The maximum atomic E-state index is 7.09. The zero-order valence-corrected chi connectivity index (χ0v) is 29.1. The van der Waals surface area contributed by atoms with Gasteiger partial charge in [-0.1, -0.05) is 0 Å². The van der Waals surface area contributed by atoms with Gasteiger partial charge in [-0.25, -0.2) is 0 Å². The predicted octanol–water partition coefficient (Wildman–Crippen LogP) is 8.28. The van der Waals surface area contributed by atoms with E-state index in [1.54, 1.807) is 0 Å². The molecule has 3 aliphatic heterocycles. The average molecular weight is 689 g/mol. The van der Waals surface area contributed by atoms with E-state index in [2.05, 4.69) is 160 Å². The van der Waals surface area contributed by atoms with Gasteiger partial charge in [0.2, 0.25) is 0 Å². The SMILES string of the molecule is Cc1ccc(N2c3cc(C)cc4[c]3[Sn]3([c]5ccccc5)[c]5c(cc(C)cc5N(c5ccc(C)cc5)c5cc(C)cc2[c]53)O4)cc1. The van der Waals surface area contributed by atoms with Gasteiger partial charge in [-0.2, -0.15) is 0 Å². The third-order valence-corrected chi connectivity index (χ3v) is 24.0. The molecule has 0 aromatic heterocycles. The molecule has 0 atom stereocenters. The fraction of sp³-hybridized carbons (Fsp3) is 0.122. The Bertz CT molecular complexity index is 2060. The second kappa shape index (κ2) is 9.51. The van der Waals surface area contributed by atoms with Crippen LogP contribution < -0.4 is 28.9 Å². The van der Waals surface area contributed by atoms with Crippen molar-refractivity contribution in [3.63, 3.8) is 0 Å². The van der Waals surface area contributed by atoms with Crippen LogP contribution in [0.5, 0.6) is 11.5 Å². The van der Waals surface area contributed by atoms with E-state index in [1.165, 1.54) is 76.3 Å². The molecule has 45 heavy (non-hydrogen) atoms. The molecule has 0 amide bonds. The van der Waals surface area contributed by atoms with Gasteiger partial charge in [0.15, 0.2) is 0 Å². The Morgan fingerprint density at radius 1 is 0.422 bits per heavy atom. The summed E-state index contributed by atoms with van der Waals surface area (Å²) >= 11 is -4.06. The van der Waals surface area contributed by atoms with Crippen molar-refractivity contribution in [3.05, 3.63) is 143 Å². The molecule has 0 saturated heterocycles.